The van der Waals surface area contributed by atoms with Gasteiger partial charge in [0.05, 0.1) is 6.54 Å². The van der Waals surface area contributed by atoms with Crippen molar-refractivity contribution in [2.75, 3.05) is 13.1 Å². The predicted molar refractivity (Wildman–Crippen MR) is 92.7 cm³/mol. The second-order valence-electron chi connectivity index (χ2n) is 8.75. The number of hydrogen-bond acceptors (Lipinski definition) is 3. The molecule has 1 aliphatic heterocycles. The molecule has 2 bridgehead atoms. The molecule has 6 nitrogen and oxygen atoms in total. The van der Waals surface area contributed by atoms with Crippen LogP contribution in [0, 0.1) is 23.2 Å². The molecule has 0 aromatic heterocycles. The normalized spacial score (nSPS) is 36.2. The SMILES string of the molecule is CC1CC2CC(C)CC(C(=O)N[C@@H](CN3CCCC3=O)C(=O)O)(C1)C2. The summed E-state index contributed by atoms with van der Waals surface area (Å²) in [6.07, 6.45) is 6.14. The van der Waals surface area contributed by atoms with E-state index in [2.05, 4.69) is 19.2 Å². The van der Waals surface area contributed by atoms with Gasteiger partial charge in [-0.3, -0.25) is 9.59 Å². The lowest BCUT2D eigenvalue weighted by Gasteiger charge is -2.49. The van der Waals surface area contributed by atoms with Crippen LogP contribution in [0.15, 0.2) is 0 Å². The highest BCUT2D eigenvalue weighted by molar-refractivity contribution is 5.88. The first kappa shape index (κ1) is 18.2. The summed E-state index contributed by atoms with van der Waals surface area (Å²) in [5.41, 5.74) is -0.428. The third-order valence-electron chi connectivity index (χ3n) is 6.29. The van der Waals surface area contributed by atoms with E-state index in [0.717, 1.165) is 25.7 Å². The van der Waals surface area contributed by atoms with Gasteiger partial charge < -0.3 is 15.3 Å². The van der Waals surface area contributed by atoms with Crippen LogP contribution in [0.4, 0.5) is 0 Å². The van der Waals surface area contributed by atoms with Crippen LogP contribution in [0.1, 0.15) is 58.8 Å². The van der Waals surface area contributed by atoms with Crippen LogP contribution in [0.2, 0.25) is 0 Å². The van der Waals surface area contributed by atoms with Crippen molar-refractivity contribution in [3.8, 4) is 0 Å². The molecule has 3 atom stereocenters. The molecule has 2 N–H and O–H groups in total. The van der Waals surface area contributed by atoms with Crippen molar-refractivity contribution in [2.45, 2.75) is 64.8 Å². The minimum absolute atomic E-state index is 0.0173. The van der Waals surface area contributed by atoms with Crippen LogP contribution in [-0.4, -0.2) is 46.9 Å². The Balaban J connectivity index is 1.71. The van der Waals surface area contributed by atoms with Gasteiger partial charge in [-0.25, -0.2) is 4.79 Å². The van der Waals surface area contributed by atoms with E-state index in [1.54, 1.807) is 4.90 Å². The van der Waals surface area contributed by atoms with Crippen LogP contribution >= 0.6 is 0 Å². The fourth-order valence-electron chi connectivity index (χ4n) is 5.60. The summed E-state index contributed by atoms with van der Waals surface area (Å²) in [5.74, 6) is 0.377. The molecule has 3 fully saturated rings. The average molecular weight is 350 g/mol. The topological polar surface area (TPSA) is 86.7 Å². The number of nitrogens with zero attached hydrogens (tertiary/aromatic N) is 1. The van der Waals surface area contributed by atoms with Crippen LogP contribution in [-0.2, 0) is 14.4 Å². The lowest BCUT2D eigenvalue weighted by Crippen LogP contribution is -2.56. The molecule has 1 saturated heterocycles. The van der Waals surface area contributed by atoms with Crippen molar-refractivity contribution < 1.29 is 19.5 Å². The van der Waals surface area contributed by atoms with E-state index >= 15 is 0 Å². The summed E-state index contributed by atoms with van der Waals surface area (Å²) >= 11 is 0. The van der Waals surface area contributed by atoms with Crippen LogP contribution in [0.5, 0.6) is 0 Å². The number of carbonyl (C=O) groups excluding carboxylic acids is 2. The van der Waals surface area contributed by atoms with E-state index in [1.807, 2.05) is 0 Å². The molecule has 140 valence electrons. The van der Waals surface area contributed by atoms with E-state index in [0.29, 0.717) is 30.7 Å². The number of carboxylic acid groups (broad SMARTS) is 1. The van der Waals surface area contributed by atoms with Crippen LogP contribution in [0.25, 0.3) is 0 Å². The molecule has 0 aromatic carbocycles. The minimum Gasteiger partial charge on any atom is -0.480 e. The van der Waals surface area contributed by atoms with E-state index in [1.165, 1.54) is 12.8 Å². The second-order valence-corrected chi connectivity index (χ2v) is 8.75. The molecule has 25 heavy (non-hydrogen) atoms. The average Bonchev–Trinajstić information content (AvgIpc) is 2.89. The number of amides is 2. The lowest BCUT2D eigenvalue weighted by molar-refractivity contribution is -0.148. The summed E-state index contributed by atoms with van der Waals surface area (Å²) in [5, 5.41) is 12.3. The maximum Gasteiger partial charge on any atom is 0.328 e. The van der Waals surface area contributed by atoms with Gasteiger partial charge >= 0.3 is 5.97 Å². The highest BCUT2D eigenvalue weighted by atomic mass is 16.4. The van der Waals surface area contributed by atoms with E-state index in [4.69, 9.17) is 0 Å². The first-order chi connectivity index (χ1) is 11.8. The predicted octanol–water partition coefficient (Wildman–Crippen LogP) is 2.03. The van der Waals surface area contributed by atoms with Gasteiger partial charge in [0.15, 0.2) is 0 Å². The van der Waals surface area contributed by atoms with Crippen molar-refractivity contribution in [1.29, 1.82) is 0 Å². The summed E-state index contributed by atoms with van der Waals surface area (Å²) in [6, 6.07) is -1.02. The smallest absolute Gasteiger partial charge is 0.328 e. The highest BCUT2D eigenvalue weighted by Gasteiger charge is 2.49. The number of carbonyl (C=O) groups is 3. The molecule has 2 aliphatic carbocycles. The first-order valence-corrected chi connectivity index (χ1v) is 9.60. The zero-order chi connectivity index (χ0) is 18.2. The van der Waals surface area contributed by atoms with Crippen molar-refractivity contribution in [3.63, 3.8) is 0 Å². The zero-order valence-corrected chi connectivity index (χ0v) is 15.3. The number of fused-ring (bicyclic) bond motifs is 2. The summed E-state index contributed by atoms with van der Waals surface area (Å²) in [7, 11) is 0. The molecular weight excluding hydrogens is 320 g/mol. The summed E-state index contributed by atoms with van der Waals surface area (Å²) < 4.78 is 0. The molecule has 0 radical (unpaired) electrons. The Labute approximate surface area is 149 Å². The maximum atomic E-state index is 13.1. The Bertz CT molecular complexity index is 542. The molecule has 2 unspecified atom stereocenters. The Morgan fingerprint density at radius 3 is 2.40 bits per heavy atom. The van der Waals surface area contributed by atoms with Gasteiger partial charge in [-0.1, -0.05) is 13.8 Å². The van der Waals surface area contributed by atoms with E-state index in [9.17, 15) is 19.5 Å². The molecule has 3 aliphatic rings. The third-order valence-corrected chi connectivity index (χ3v) is 6.29. The molecule has 0 spiro atoms. The fraction of sp³-hybridized carbons (Fsp3) is 0.842. The fourth-order valence-corrected chi connectivity index (χ4v) is 5.60. The van der Waals surface area contributed by atoms with Crippen LogP contribution in [0.3, 0.4) is 0 Å². The van der Waals surface area contributed by atoms with Gasteiger partial charge in [0.2, 0.25) is 11.8 Å². The monoisotopic (exact) mass is 350 g/mol. The molecular formula is C19H30N2O4. The number of hydrogen-bond donors (Lipinski definition) is 2. The number of carboxylic acids is 1. The number of aliphatic carboxylic acids is 1. The Hall–Kier alpha value is -1.59. The summed E-state index contributed by atoms with van der Waals surface area (Å²) in [4.78, 5) is 38.1. The van der Waals surface area contributed by atoms with E-state index < -0.39 is 17.4 Å². The van der Waals surface area contributed by atoms with Gasteiger partial charge in [0.25, 0.3) is 0 Å². The molecule has 2 saturated carbocycles. The van der Waals surface area contributed by atoms with Crippen molar-refractivity contribution in [1.82, 2.24) is 10.2 Å². The van der Waals surface area contributed by atoms with Gasteiger partial charge in [-0.2, -0.15) is 0 Å². The van der Waals surface area contributed by atoms with Gasteiger partial charge in [-0.15, -0.1) is 0 Å². The molecule has 1 heterocycles. The largest absolute Gasteiger partial charge is 0.480 e. The Morgan fingerprint density at radius 1 is 1.24 bits per heavy atom. The standard InChI is InChI=1S/C19H30N2O4/c1-12-6-14-7-13(2)9-19(8-12,10-14)18(25)20-15(17(23)24)11-21-5-3-4-16(21)22/h12-15H,3-11H2,1-2H3,(H,20,25)(H,23,24)/t12?,13?,14?,15-,19?/m0/s1. The van der Waals surface area contributed by atoms with Crippen molar-refractivity contribution in [3.05, 3.63) is 0 Å². The highest BCUT2D eigenvalue weighted by Crippen LogP contribution is 2.52. The van der Waals surface area contributed by atoms with Gasteiger partial charge in [-0.05, 0) is 56.3 Å². The molecule has 3 rings (SSSR count). The minimum atomic E-state index is -1.06. The molecule has 2 amide bonds. The second kappa shape index (κ2) is 6.96. The number of nitrogens with one attached hydrogen (secondary N) is 1. The van der Waals surface area contributed by atoms with Crippen molar-refractivity contribution >= 4 is 17.8 Å². The number of rotatable bonds is 5. The van der Waals surface area contributed by atoms with E-state index in [-0.39, 0.29) is 18.4 Å². The van der Waals surface area contributed by atoms with Gasteiger partial charge in [0.1, 0.15) is 6.04 Å². The quantitative estimate of drug-likeness (QED) is 0.794. The third kappa shape index (κ3) is 3.82. The zero-order valence-electron chi connectivity index (χ0n) is 15.3. The first-order valence-electron chi connectivity index (χ1n) is 9.60. The summed E-state index contributed by atoms with van der Waals surface area (Å²) in [6.45, 7) is 5.05. The van der Waals surface area contributed by atoms with Crippen LogP contribution < -0.4 is 5.32 Å². The Kier molecular flexibility index (Phi) is 5.07. The number of likely N-dealkylation sites (tertiary alicyclic amines) is 1. The van der Waals surface area contributed by atoms with Crippen molar-refractivity contribution in [2.24, 2.45) is 23.2 Å². The lowest BCUT2D eigenvalue weighted by atomic mass is 9.56. The maximum absolute atomic E-state index is 13.1. The van der Waals surface area contributed by atoms with Gasteiger partial charge in [0, 0.05) is 18.4 Å². The Morgan fingerprint density at radius 2 is 1.88 bits per heavy atom. The molecule has 0 aromatic rings. The molecule has 6 heteroatoms.